The number of hydrogen-bond acceptors (Lipinski definition) is 5. The van der Waals surface area contributed by atoms with Gasteiger partial charge in [0, 0.05) is 14.1 Å². The van der Waals surface area contributed by atoms with Gasteiger partial charge in [0.05, 0.1) is 17.3 Å². The molecule has 0 fully saturated rings. The fourth-order valence-corrected chi connectivity index (χ4v) is 4.01. The van der Waals surface area contributed by atoms with Crippen LogP contribution in [0.1, 0.15) is 28.9 Å². The molecule has 0 saturated heterocycles. The Balaban J connectivity index is 1.58. The van der Waals surface area contributed by atoms with E-state index in [-0.39, 0.29) is 40.5 Å². The third-order valence-electron chi connectivity index (χ3n) is 5.70. The second kappa shape index (κ2) is 9.59. The second-order valence-corrected chi connectivity index (χ2v) is 8.38. The minimum Gasteiger partial charge on any atom is -0.345 e. The first-order valence-corrected chi connectivity index (χ1v) is 11.1. The average molecular weight is 495 g/mol. The number of halogens is 1. The van der Waals surface area contributed by atoms with Crippen molar-refractivity contribution in [3.8, 4) is 0 Å². The number of nitrogens with one attached hydrogen (secondary N) is 2. The normalized spacial score (nSPS) is 11.9. The number of rotatable bonds is 6. The van der Waals surface area contributed by atoms with Gasteiger partial charge in [-0.3, -0.25) is 28.1 Å². The SMILES string of the molecule is CC(NC(=O)c1ccccc1NC(=O)Cn1c(Cl)nc2c1c(=O)n(C)c(=O)n2C)c1ccccc1. The van der Waals surface area contributed by atoms with Gasteiger partial charge in [-0.05, 0) is 36.2 Å². The van der Waals surface area contributed by atoms with Gasteiger partial charge in [0.2, 0.25) is 11.2 Å². The van der Waals surface area contributed by atoms with Gasteiger partial charge < -0.3 is 10.6 Å². The number of imidazole rings is 1. The van der Waals surface area contributed by atoms with Crippen LogP contribution in [0.4, 0.5) is 5.69 Å². The van der Waals surface area contributed by atoms with Crippen LogP contribution in [0.5, 0.6) is 0 Å². The molecule has 4 rings (SSSR count). The number of carbonyl (C=O) groups is 2. The summed E-state index contributed by atoms with van der Waals surface area (Å²) in [5.41, 5.74) is 0.450. The molecular weight excluding hydrogens is 472 g/mol. The molecule has 0 aliphatic heterocycles. The summed E-state index contributed by atoms with van der Waals surface area (Å²) in [6.45, 7) is 1.52. The number of amides is 2. The van der Waals surface area contributed by atoms with Crippen molar-refractivity contribution in [1.29, 1.82) is 0 Å². The summed E-state index contributed by atoms with van der Waals surface area (Å²) in [4.78, 5) is 54.8. The monoisotopic (exact) mass is 494 g/mol. The molecule has 0 bridgehead atoms. The zero-order valence-electron chi connectivity index (χ0n) is 19.3. The van der Waals surface area contributed by atoms with Crippen molar-refractivity contribution in [3.63, 3.8) is 0 Å². The summed E-state index contributed by atoms with van der Waals surface area (Å²) >= 11 is 6.20. The van der Waals surface area contributed by atoms with Crippen LogP contribution in [0.15, 0.2) is 64.2 Å². The van der Waals surface area contributed by atoms with Crippen LogP contribution in [0.25, 0.3) is 11.2 Å². The lowest BCUT2D eigenvalue weighted by molar-refractivity contribution is -0.116. The Hall–Kier alpha value is -4.18. The van der Waals surface area contributed by atoms with E-state index < -0.39 is 17.2 Å². The molecule has 35 heavy (non-hydrogen) atoms. The topological polar surface area (TPSA) is 120 Å². The van der Waals surface area contributed by atoms with Gasteiger partial charge in [-0.2, -0.15) is 4.98 Å². The molecule has 0 spiro atoms. The van der Waals surface area contributed by atoms with Gasteiger partial charge in [0.15, 0.2) is 11.2 Å². The standard InChI is InChI=1S/C24H23ClN6O4/c1-14(15-9-5-4-6-10-15)26-21(33)16-11-7-8-12-17(16)27-18(32)13-31-19-20(28-23(31)25)29(2)24(35)30(3)22(19)34/h4-12,14H,13H2,1-3H3,(H,26,33)(H,27,32). The molecule has 4 aromatic rings. The highest BCUT2D eigenvalue weighted by Crippen LogP contribution is 2.19. The Bertz CT molecular complexity index is 1550. The molecular formula is C24H23ClN6O4. The fraction of sp³-hybridized carbons (Fsp3) is 0.208. The van der Waals surface area contributed by atoms with Crippen molar-refractivity contribution in [1.82, 2.24) is 24.0 Å². The van der Waals surface area contributed by atoms with Gasteiger partial charge in [0.25, 0.3) is 11.5 Å². The summed E-state index contributed by atoms with van der Waals surface area (Å²) in [6.07, 6.45) is 0. The first-order valence-electron chi connectivity index (χ1n) is 10.8. The zero-order chi connectivity index (χ0) is 25.3. The molecule has 0 aliphatic rings. The van der Waals surface area contributed by atoms with E-state index in [4.69, 9.17) is 11.6 Å². The maximum atomic E-state index is 13.0. The number of aromatic nitrogens is 4. The summed E-state index contributed by atoms with van der Waals surface area (Å²) in [5, 5.41) is 5.52. The van der Waals surface area contributed by atoms with Crippen LogP contribution >= 0.6 is 11.6 Å². The van der Waals surface area contributed by atoms with Gasteiger partial charge in [-0.1, -0.05) is 42.5 Å². The predicted octanol–water partition coefficient (Wildman–Crippen LogP) is 2.22. The Labute approximate surface area is 204 Å². The number of para-hydroxylation sites is 1. The quantitative estimate of drug-likeness (QED) is 0.398. The van der Waals surface area contributed by atoms with Crippen LogP contribution in [0, 0.1) is 0 Å². The number of benzene rings is 2. The Morgan fingerprint density at radius 2 is 1.66 bits per heavy atom. The van der Waals surface area contributed by atoms with E-state index in [9.17, 15) is 19.2 Å². The van der Waals surface area contributed by atoms with E-state index in [0.29, 0.717) is 5.69 Å². The minimum absolute atomic E-state index is 0.0254. The highest BCUT2D eigenvalue weighted by Gasteiger charge is 2.21. The van der Waals surface area contributed by atoms with E-state index >= 15 is 0 Å². The number of nitrogens with zero attached hydrogens (tertiary/aromatic N) is 4. The van der Waals surface area contributed by atoms with Gasteiger partial charge >= 0.3 is 5.69 Å². The Morgan fingerprint density at radius 3 is 2.37 bits per heavy atom. The molecule has 2 amide bonds. The fourth-order valence-electron chi connectivity index (χ4n) is 3.79. The first-order chi connectivity index (χ1) is 16.7. The summed E-state index contributed by atoms with van der Waals surface area (Å²) in [6, 6.07) is 15.9. The second-order valence-electron chi connectivity index (χ2n) is 8.04. The zero-order valence-corrected chi connectivity index (χ0v) is 20.0. The van der Waals surface area contributed by atoms with Crippen LogP contribution in [0.3, 0.4) is 0 Å². The number of fused-ring (bicyclic) bond motifs is 1. The summed E-state index contributed by atoms with van der Waals surface area (Å²) in [7, 11) is 2.80. The van der Waals surface area contributed by atoms with Crippen molar-refractivity contribution in [2.75, 3.05) is 5.32 Å². The first kappa shape index (κ1) is 24.0. The molecule has 0 radical (unpaired) electrons. The molecule has 1 unspecified atom stereocenters. The van der Waals surface area contributed by atoms with Crippen LogP contribution in [-0.2, 0) is 25.4 Å². The molecule has 2 aromatic heterocycles. The Morgan fingerprint density at radius 1 is 1.00 bits per heavy atom. The molecule has 2 N–H and O–H groups in total. The molecule has 0 aliphatic carbocycles. The van der Waals surface area contributed by atoms with Crippen molar-refractivity contribution < 1.29 is 9.59 Å². The third kappa shape index (κ3) is 4.60. The maximum Gasteiger partial charge on any atom is 0.332 e. The van der Waals surface area contributed by atoms with Gasteiger partial charge in [-0.15, -0.1) is 0 Å². The van der Waals surface area contributed by atoms with E-state index in [1.165, 1.54) is 23.2 Å². The third-order valence-corrected chi connectivity index (χ3v) is 5.98. The van der Waals surface area contributed by atoms with Crippen LogP contribution in [-0.4, -0.2) is 30.5 Å². The number of hydrogen-bond donors (Lipinski definition) is 2. The number of anilines is 1. The van der Waals surface area contributed by atoms with Crippen LogP contribution < -0.4 is 21.9 Å². The predicted molar refractivity (Wildman–Crippen MR) is 133 cm³/mol. The lowest BCUT2D eigenvalue weighted by atomic mass is 10.1. The molecule has 2 aromatic carbocycles. The van der Waals surface area contributed by atoms with Gasteiger partial charge in [0.1, 0.15) is 6.54 Å². The van der Waals surface area contributed by atoms with E-state index in [1.807, 2.05) is 37.3 Å². The van der Waals surface area contributed by atoms with Crippen molar-refractivity contribution in [2.24, 2.45) is 14.1 Å². The lowest BCUT2D eigenvalue weighted by Gasteiger charge is -2.16. The highest BCUT2D eigenvalue weighted by atomic mass is 35.5. The molecule has 1 atom stereocenters. The van der Waals surface area contributed by atoms with Crippen LogP contribution in [0.2, 0.25) is 5.28 Å². The summed E-state index contributed by atoms with van der Waals surface area (Å²) < 4.78 is 3.33. The van der Waals surface area contributed by atoms with Crippen molar-refractivity contribution in [2.45, 2.75) is 19.5 Å². The molecule has 2 heterocycles. The van der Waals surface area contributed by atoms with Crippen molar-refractivity contribution >= 4 is 40.3 Å². The van der Waals surface area contributed by atoms with E-state index in [0.717, 1.165) is 10.1 Å². The largest absolute Gasteiger partial charge is 0.345 e. The number of carbonyl (C=O) groups excluding carboxylic acids is 2. The molecule has 11 heteroatoms. The molecule has 0 saturated carbocycles. The van der Waals surface area contributed by atoms with Gasteiger partial charge in [-0.25, -0.2) is 4.79 Å². The minimum atomic E-state index is -0.620. The van der Waals surface area contributed by atoms with E-state index in [2.05, 4.69) is 15.6 Å². The van der Waals surface area contributed by atoms with E-state index in [1.54, 1.807) is 24.3 Å². The highest BCUT2D eigenvalue weighted by molar-refractivity contribution is 6.29. The number of aryl methyl sites for hydroxylation is 1. The van der Waals surface area contributed by atoms with Crippen molar-refractivity contribution in [3.05, 3.63) is 91.8 Å². The average Bonchev–Trinajstić information content (AvgIpc) is 3.18. The molecule has 10 nitrogen and oxygen atoms in total. The summed E-state index contributed by atoms with van der Waals surface area (Å²) in [5.74, 6) is -0.884. The maximum absolute atomic E-state index is 13.0. The Kier molecular flexibility index (Phi) is 6.57. The lowest BCUT2D eigenvalue weighted by Crippen LogP contribution is -2.38. The molecule has 180 valence electrons. The smallest absolute Gasteiger partial charge is 0.332 e.